The lowest BCUT2D eigenvalue weighted by molar-refractivity contribution is 0.0432. The van der Waals surface area contributed by atoms with E-state index in [1.807, 2.05) is 51.1 Å². The molecule has 0 fully saturated rings. The van der Waals surface area contributed by atoms with E-state index in [4.69, 9.17) is 14.2 Å². The van der Waals surface area contributed by atoms with Gasteiger partial charge in [0.15, 0.2) is 0 Å². The quantitative estimate of drug-likeness (QED) is 0.203. The van der Waals surface area contributed by atoms with Crippen LogP contribution in [0.4, 0.5) is 0 Å². The lowest BCUT2D eigenvalue weighted by Gasteiger charge is -2.17. The predicted molar refractivity (Wildman–Crippen MR) is 127 cm³/mol. The van der Waals surface area contributed by atoms with Gasteiger partial charge in [-0.1, -0.05) is 76.4 Å². The molecular weight excluding hydrogens is 420 g/mol. The first kappa shape index (κ1) is 26.1. The molecule has 0 saturated heterocycles. The number of ether oxygens (including phenoxy) is 3. The Morgan fingerprint density at radius 1 is 0.606 bits per heavy atom. The molecular formula is C27H34O6. The number of hydrogen-bond acceptors (Lipinski definition) is 6. The van der Waals surface area contributed by atoms with Crippen LogP contribution in [0.5, 0.6) is 0 Å². The van der Waals surface area contributed by atoms with E-state index in [1.54, 1.807) is 6.07 Å². The Bertz CT molecular complexity index is 920. The van der Waals surface area contributed by atoms with Crippen molar-refractivity contribution in [2.24, 2.45) is 0 Å². The molecule has 6 heteroatoms. The van der Waals surface area contributed by atoms with Crippen molar-refractivity contribution in [1.82, 2.24) is 0 Å². The third-order valence-electron chi connectivity index (χ3n) is 5.11. The van der Waals surface area contributed by atoms with Crippen LogP contribution in [0.15, 0.2) is 42.5 Å². The van der Waals surface area contributed by atoms with Crippen molar-refractivity contribution in [1.29, 1.82) is 0 Å². The first-order valence-corrected chi connectivity index (χ1v) is 11.8. The smallest absolute Gasteiger partial charge is 0.339 e. The van der Waals surface area contributed by atoms with E-state index < -0.39 is 17.9 Å². The fraction of sp³-hybridized carbons (Fsp3) is 0.444. The monoisotopic (exact) mass is 454 g/mol. The van der Waals surface area contributed by atoms with Gasteiger partial charge in [0.1, 0.15) is 0 Å². The number of unbranched alkanes of at least 4 members (excludes halogenated alkanes) is 3. The van der Waals surface area contributed by atoms with Crippen LogP contribution in [0, 0.1) is 0 Å². The summed E-state index contributed by atoms with van der Waals surface area (Å²) in [6, 6.07) is 12.4. The highest BCUT2D eigenvalue weighted by Crippen LogP contribution is 2.31. The van der Waals surface area contributed by atoms with E-state index in [-0.39, 0.29) is 36.5 Å². The summed E-state index contributed by atoms with van der Waals surface area (Å²) in [4.78, 5) is 39.3. The molecule has 0 radical (unpaired) electrons. The molecule has 0 amide bonds. The number of hydrogen-bond donors (Lipinski definition) is 0. The Labute approximate surface area is 196 Å². The van der Waals surface area contributed by atoms with Gasteiger partial charge in [-0.05, 0) is 36.5 Å². The number of carbonyl (C=O) groups is 3. The van der Waals surface area contributed by atoms with Crippen LogP contribution in [-0.4, -0.2) is 37.7 Å². The molecule has 33 heavy (non-hydrogen) atoms. The molecule has 0 aliphatic carbocycles. The standard InChI is InChI=1S/C27H34O6/c1-4-7-17-31-25(28)22-16-15-21(20-13-11-10-12-14-20)23(26(29)32-18-8-5-2)24(22)27(30)33-19-9-6-3/h10-16H,4-9,17-19H2,1-3H3. The van der Waals surface area contributed by atoms with E-state index in [1.165, 1.54) is 6.07 Å². The largest absolute Gasteiger partial charge is 0.462 e. The molecule has 0 aromatic heterocycles. The maximum atomic E-state index is 13.2. The second-order valence-corrected chi connectivity index (χ2v) is 7.75. The summed E-state index contributed by atoms with van der Waals surface area (Å²) < 4.78 is 16.3. The van der Waals surface area contributed by atoms with E-state index in [2.05, 4.69) is 0 Å². The lowest BCUT2D eigenvalue weighted by Crippen LogP contribution is -2.21. The molecule has 2 rings (SSSR count). The molecule has 0 N–H and O–H groups in total. The van der Waals surface area contributed by atoms with Gasteiger partial charge < -0.3 is 14.2 Å². The molecule has 0 aliphatic rings. The second kappa shape index (κ2) is 14.1. The van der Waals surface area contributed by atoms with Crippen LogP contribution in [0.1, 0.15) is 90.4 Å². The van der Waals surface area contributed by atoms with Gasteiger partial charge in [-0.3, -0.25) is 0 Å². The van der Waals surface area contributed by atoms with Crippen molar-refractivity contribution in [3.8, 4) is 11.1 Å². The third kappa shape index (κ3) is 7.45. The average Bonchev–Trinajstić information content (AvgIpc) is 2.84. The van der Waals surface area contributed by atoms with Gasteiger partial charge in [0.25, 0.3) is 0 Å². The fourth-order valence-electron chi connectivity index (χ4n) is 3.20. The average molecular weight is 455 g/mol. The maximum Gasteiger partial charge on any atom is 0.339 e. The van der Waals surface area contributed by atoms with Crippen LogP contribution < -0.4 is 0 Å². The first-order chi connectivity index (χ1) is 16.0. The third-order valence-corrected chi connectivity index (χ3v) is 5.11. The van der Waals surface area contributed by atoms with Crippen LogP contribution in [-0.2, 0) is 14.2 Å². The molecule has 0 atom stereocenters. The molecule has 0 unspecified atom stereocenters. The Hall–Kier alpha value is -3.15. The zero-order chi connectivity index (χ0) is 24.1. The highest BCUT2D eigenvalue weighted by molar-refractivity contribution is 6.13. The topological polar surface area (TPSA) is 78.9 Å². The normalized spacial score (nSPS) is 10.5. The number of benzene rings is 2. The van der Waals surface area contributed by atoms with Crippen LogP contribution in [0.2, 0.25) is 0 Å². The summed E-state index contributed by atoms with van der Waals surface area (Å²) in [5.74, 6) is -2.05. The zero-order valence-electron chi connectivity index (χ0n) is 19.9. The summed E-state index contributed by atoms with van der Waals surface area (Å²) in [5, 5.41) is 0. The first-order valence-electron chi connectivity index (χ1n) is 11.8. The minimum absolute atomic E-state index is 0.00900. The minimum Gasteiger partial charge on any atom is -0.462 e. The van der Waals surface area contributed by atoms with Crippen LogP contribution in [0.25, 0.3) is 11.1 Å². The van der Waals surface area contributed by atoms with Gasteiger partial charge in [0.05, 0.1) is 36.5 Å². The fourth-order valence-corrected chi connectivity index (χ4v) is 3.20. The molecule has 6 nitrogen and oxygen atoms in total. The molecule has 2 aromatic carbocycles. The number of rotatable bonds is 13. The van der Waals surface area contributed by atoms with Gasteiger partial charge in [0, 0.05) is 0 Å². The van der Waals surface area contributed by atoms with Gasteiger partial charge in [-0.2, -0.15) is 0 Å². The van der Waals surface area contributed by atoms with E-state index in [0.29, 0.717) is 24.8 Å². The Morgan fingerprint density at radius 3 is 1.61 bits per heavy atom. The van der Waals surface area contributed by atoms with Crippen molar-refractivity contribution in [2.45, 2.75) is 59.3 Å². The van der Waals surface area contributed by atoms with Crippen molar-refractivity contribution >= 4 is 17.9 Å². The van der Waals surface area contributed by atoms with Gasteiger partial charge in [0.2, 0.25) is 0 Å². The molecule has 0 spiro atoms. The number of carbonyl (C=O) groups excluding carboxylic acids is 3. The van der Waals surface area contributed by atoms with E-state index in [9.17, 15) is 14.4 Å². The summed E-state index contributed by atoms with van der Waals surface area (Å²) in [6.07, 6.45) is 4.64. The zero-order valence-corrected chi connectivity index (χ0v) is 19.9. The van der Waals surface area contributed by atoms with Crippen molar-refractivity contribution in [3.05, 3.63) is 59.2 Å². The van der Waals surface area contributed by atoms with Crippen LogP contribution >= 0.6 is 0 Å². The minimum atomic E-state index is -0.730. The predicted octanol–water partition coefficient (Wildman–Crippen LogP) is 6.22. The molecule has 0 aliphatic heterocycles. The summed E-state index contributed by atoms with van der Waals surface area (Å²) in [7, 11) is 0. The molecule has 0 heterocycles. The second-order valence-electron chi connectivity index (χ2n) is 7.75. The SMILES string of the molecule is CCCCOC(=O)c1ccc(-c2ccccc2)c(C(=O)OCCCC)c1C(=O)OCCCC. The van der Waals surface area contributed by atoms with Crippen LogP contribution in [0.3, 0.4) is 0 Å². The Balaban J connectivity index is 2.62. The molecule has 178 valence electrons. The van der Waals surface area contributed by atoms with Gasteiger partial charge in [-0.15, -0.1) is 0 Å². The van der Waals surface area contributed by atoms with Gasteiger partial charge >= 0.3 is 17.9 Å². The van der Waals surface area contributed by atoms with Gasteiger partial charge in [-0.25, -0.2) is 14.4 Å². The molecule has 0 saturated carbocycles. The van der Waals surface area contributed by atoms with Crippen molar-refractivity contribution < 1.29 is 28.6 Å². The summed E-state index contributed by atoms with van der Waals surface area (Å²) in [5.41, 5.74) is 1.17. The molecule has 0 bridgehead atoms. The summed E-state index contributed by atoms with van der Waals surface area (Å²) in [6.45, 7) is 6.61. The highest BCUT2D eigenvalue weighted by atomic mass is 16.5. The Kier molecular flexibility index (Phi) is 11.1. The van der Waals surface area contributed by atoms with Crippen molar-refractivity contribution in [2.75, 3.05) is 19.8 Å². The lowest BCUT2D eigenvalue weighted by atomic mass is 9.91. The summed E-state index contributed by atoms with van der Waals surface area (Å²) >= 11 is 0. The number of esters is 3. The maximum absolute atomic E-state index is 13.2. The van der Waals surface area contributed by atoms with E-state index >= 15 is 0 Å². The molecule has 2 aromatic rings. The highest BCUT2D eigenvalue weighted by Gasteiger charge is 2.30. The Morgan fingerprint density at radius 2 is 1.09 bits per heavy atom. The van der Waals surface area contributed by atoms with Crippen molar-refractivity contribution in [3.63, 3.8) is 0 Å². The van der Waals surface area contributed by atoms with E-state index in [0.717, 1.165) is 24.8 Å².